The van der Waals surface area contributed by atoms with Crippen molar-refractivity contribution in [2.45, 2.75) is 38.6 Å². The molecule has 0 amide bonds. The Morgan fingerprint density at radius 3 is 2.25 bits per heavy atom. The average Bonchev–Trinajstić information content (AvgIpc) is 2.87. The third kappa shape index (κ3) is 3.08. The summed E-state index contributed by atoms with van der Waals surface area (Å²) in [5.74, 6) is 0.833. The second-order valence-electron chi connectivity index (χ2n) is 5.72. The molecular formula is C17H22ClNO. The van der Waals surface area contributed by atoms with Gasteiger partial charge < -0.3 is 9.73 Å². The molecule has 0 fully saturated rings. The van der Waals surface area contributed by atoms with Crippen molar-refractivity contribution in [1.82, 2.24) is 5.32 Å². The maximum absolute atomic E-state index is 5.86. The highest BCUT2D eigenvalue weighted by molar-refractivity contribution is 6.28. The minimum Gasteiger partial charge on any atom is -0.448 e. The van der Waals surface area contributed by atoms with E-state index < -0.39 is 0 Å². The van der Waals surface area contributed by atoms with E-state index in [1.54, 1.807) is 6.07 Å². The molecular weight excluding hydrogens is 270 g/mol. The maximum Gasteiger partial charge on any atom is 0.193 e. The minimum atomic E-state index is 0.0290. The summed E-state index contributed by atoms with van der Waals surface area (Å²) in [6, 6.07) is 12.4. The van der Waals surface area contributed by atoms with E-state index in [1.165, 1.54) is 11.1 Å². The fraction of sp³-hybridized carbons (Fsp3) is 0.412. The summed E-state index contributed by atoms with van der Waals surface area (Å²) in [6.45, 7) is 6.75. The molecule has 1 atom stereocenters. The number of benzene rings is 1. The smallest absolute Gasteiger partial charge is 0.193 e. The van der Waals surface area contributed by atoms with Gasteiger partial charge in [0.1, 0.15) is 5.76 Å². The van der Waals surface area contributed by atoms with E-state index in [0.29, 0.717) is 5.22 Å². The molecule has 0 spiro atoms. The Hall–Kier alpha value is -1.25. The van der Waals surface area contributed by atoms with Crippen molar-refractivity contribution in [1.29, 1.82) is 0 Å². The SMILES string of the molecule is CCC(C)(C)c1ccc(C(NC)c2ccc(Cl)o2)cc1. The fourth-order valence-corrected chi connectivity index (χ4v) is 2.44. The molecule has 1 unspecified atom stereocenters. The number of rotatable bonds is 5. The zero-order valence-corrected chi connectivity index (χ0v) is 13.3. The van der Waals surface area contributed by atoms with Crippen LogP contribution >= 0.6 is 11.6 Å². The molecule has 0 saturated carbocycles. The molecule has 108 valence electrons. The molecule has 0 aliphatic heterocycles. The third-order valence-corrected chi connectivity index (χ3v) is 4.28. The van der Waals surface area contributed by atoms with E-state index in [4.69, 9.17) is 16.0 Å². The Morgan fingerprint density at radius 1 is 1.15 bits per heavy atom. The van der Waals surface area contributed by atoms with Gasteiger partial charge in [-0.2, -0.15) is 0 Å². The van der Waals surface area contributed by atoms with Gasteiger partial charge >= 0.3 is 0 Å². The largest absolute Gasteiger partial charge is 0.448 e. The number of hydrogen-bond donors (Lipinski definition) is 1. The molecule has 0 aliphatic carbocycles. The van der Waals surface area contributed by atoms with Crippen LogP contribution in [0.5, 0.6) is 0 Å². The van der Waals surface area contributed by atoms with Crippen LogP contribution in [0.2, 0.25) is 5.22 Å². The van der Waals surface area contributed by atoms with Crippen LogP contribution in [0.25, 0.3) is 0 Å². The Morgan fingerprint density at radius 2 is 1.80 bits per heavy atom. The summed E-state index contributed by atoms with van der Waals surface area (Å²) in [5.41, 5.74) is 2.74. The van der Waals surface area contributed by atoms with Gasteiger partial charge in [0.25, 0.3) is 0 Å². The number of nitrogens with one attached hydrogen (secondary N) is 1. The predicted molar refractivity (Wildman–Crippen MR) is 84.4 cm³/mol. The Bertz CT molecular complexity index is 557. The van der Waals surface area contributed by atoms with Gasteiger partial charge in [0.15, 0.2) is 5.22 Å². The summed E-state index contributed by atoms with van der Waals surface area (Å²) < 4.78 is 5.51. The van der Waals surface area contributed by atoms with Crippen molar-refractivity contribution in [2.75, 3.05) is 7.05 Å². The van der Waals surface area contributed by atoms with Gasteiger partial charge in [0, 0.05) is 0 Å². The molecule has 1 aromatic carbocycles. The monoisotopic (exact) mass is 291 g/mol. The van der Waals surface area contributed by atoms with Crippen molar-refractivity contribution in [3.63, 3.8) is 0 Å². The average molecular weight is 292 g/mol. The molecule has 1 aromatic heterocycles. The van der Waals surface area contributed by atoms with E-state index in [9.17, 15) is 0 Å². The minimum absolute atomic E-state index is 0.0290. The van der Waals surface area contributed by atoms with Gasteiger partial charge in [-0.1, -0.05) is 45.0 Å². The molecule has 3 heteroatoms. The molecule has 1 N–H and O–H groups in total. The lowest BCUT2D eigenvalue weighted by Crippen LogP contribution is -2.18. The Kier molecular flexibility index (Phi) is 4.56. The molecule has 2 rings (SSSR count). The van der Waals surface area contributed by atoms with Crippen molar-refractivity contribution >= 4 is 11.6 Å². The summed E-state index contributed by atoms with van der Waals surface area (Å²) in [6.07, 6.45) is 1.12. The zero-order valence-electron chi connectivity index (χ0n) is 12.5. The third-order valence-electron chi connectivity index (χ3n) is 4.08. The first-order valence-electron chi connectivity index (χ1n) is 7.01. The van der Waals surface area contributed by atoms with Gasteiger partial charge in [0.2, 0.25) is 0 Å². The number of furan rings is 1. The molecule has 0 radical (unpaired) electrons. The van der Waals surface area contributed by atoms with Crippen LogP contribution in [0, 0.1) is 0 Å². The van der Waals surface area contributed by atoms with Crippen molar-refractivity contribution < 1.29 is 4.42 Å². The predicted octanol–water partition coefficient (Wildman–Crippen LogP) is 4.93. The van der Waals surface area contributed by atoms with Crippen LogP contribution in [0.3, 0.4) is 0 Å². The van der Waals surface area contributed by atoms with E-state index in [2.05, 4.69) is 50.4 Å². The van der Waals surface area contributed by atoms with E-state index in [-0.39, 0.29) is 11.5 Å². The van der Waals surface area contributed by atoms with E-state index in [1.807, 2.05) is 13.1 Å². The quantitative estimate of drug-likeness (QED) is 0.845. The second kappa shape index (κ2) is 6.02. The van der Waals surface area contributed by atoms with Gasteiger partial charge in [-0.05, 0) is 53.7 Å². The van der Waals surface area contributed by atoms with Crippen LogP contribution in [-0.2, 0) is 5.41 Å². The molecule has 0 aliphatic rings. The normalized spacial score (nSPS) is 13.4. The molecule has 2 nitrogen and oxygen atoms in total. The zero-order chi connectivity index (χ0) is 14.8. The highest BCUT2D eigenvalue weighted by Gasteiger charge is 2.20. The van der Waals surface area contributed by atoms with Gasteiger partial charge in [-0.25, -0.2) is 0 Å². The van der Waals surface area contributed by atoms with Crippen molar-refractivity contribution in [3.05, 3.63) is 58.5 Å². The maximum atomic E-state index is 5.86. The van der Waals surface area contributed by atoms with Crippen LogP contribution in [0.15, 0.2) is 40.8 Å². The molecule has 0 bridgehead atoms. The molecule has 0 saturated heterocycles. The lowest BCUT2D eigenvalue weighted by atomic mass is 9.82. The topological polar surface area (TPSA) is 25.2 Å². The Labute approximate surface area is 126 Å². The van der Waals surface area contributed by atoms with Crippen molar-refractivity contribution in [3.8, 4) is 0 Å². The summed E-state index contributed by atoms with van der Waals surface area (Å²) in [4.78, 5) is 0. The van der Waals surface area contributed by atoms with Crippen LogP contribution in [0.1, 0.15) is 50.1 Å². The molecule has 20 heavy (non-hydrogen) atoms. The fourth-order valence-electron chi connectivity index (χ4n) is 2.29. The lowest BCUT2D eigenvalue weighted by Gasteiger charge is -2.24. The van der Waals surface area contributed by atoms with Crippen LogP contribution < -0.4 is 5.32 Å². The van der Waals surface area contributed by atoms with E-state index >= 15 is 0 Å². The molecule has 1 heterocycles. The number of hydrogen-bond acceptors (Lipinski definition) is 2. The molecule has 2 aromatic rings. The summed E-state index contributed by atoms with van der Waals surface area (Å²) in [5, 5.41) is 3.69. The second-order valence-corrected chi connectivity index (χ2v) is 6.10. The highest BCUT2D eigenvalue weighted by Crippen LogP contribution is 2.30. The van der Waals surface area contributed by atoms with E-state index in [0.717, 1.165) is 12.2 Å². The summed E-state index contributed by atoms with van der Waals surface area (Å²) >= 11 is 5.86. The van der Waals surface area contributed by atoms with Gasteiger partial charge in [0.05, 0.1) is 6.04 Å². The first kappa shape index (κ1) is 15.1. The first-order chi connectivity index (χ1) is 9.47. The van der Waals surface area contributed by atoms with Crippen molar-refractivity contribution in [2.24, 2.45) is 0 Å². The summed E-state index contributed by atoms with van der Waals surface area (Å²) in [7, 11) is 1.92. The first-order valence-corrected chi connectivity index (χ1v) is 7.38. The highest BCUT2D eigenvalue weighted by atomic mass is 35.5. The van der Waals surface area contributed by atoms with Gasteiger partial charge in [-0.3, -0.25) is 0 Å². The standard InChI is InChI=1S/C17H22ClNO/c1-5-17(2,3)13-8-6-12(7-9-13)16(19-4)14-10-11-15(18)20-14/h6-11,16,19H,5H2,1-4H3. The van der Waals surface area contributed by atoms with Gasteiger partial charge in [-0.15, -0.1) is 0 Å². The van der Waals surface area contributed by atoms with Crippen LogP contribution in [0.4, 0.5) is 0 Å². The van der Waals surface area contributed by atoms with Crippen LogP contribution in [-0.4, -0.2) is 7.05 Å². The lowest BCUT2D eigenvalue weighted by molar-refractivity contribution is 0.464. The Balaban J connectivity index is 2.28. The number of halogens is 1.